The molecule has 0 aromatic heterocycles. The number of methoxy groups -OCH3 is 1. The fraction of sp³-hybridized carbons (Fsp3) is 0.462. The number of ether oxygens (including phenoxy) is 2. The van der Waals surface area contributed by atoms with E-state index in [0.29, 0.717) is 19.4 Å². The number of hydrogen-bond donors (Lipinski definition) is 0. The Bertz CT molecular complexity index is 400. The van der Waals surface area contributed by atoms with Gasteiger partial charge in [-0.05, 0) is 24.6 Å². The van der Waals surface area contributed by atoms with E-state index in [-0.39, 0.29) is 5.78 Å². The number of Topliss-reactive ketones (excluding diaryl/α,β-unsaturated/α-hetero) is 1. The Balaban J connectivity index is 2.30. The Morgan fingerprint density at radius 3 is 2.94 bits per heavy atom. The summed E-state index contributed by atoms with van der Waals surface area (Å²) in [6.07, 6.45) is 0.972. The van der Waals surface area contributed by atoms with Crippen molar-refractivity contribution in [3.8, 4) is 5.75 Å². The average molecular weight is 220 g/mol. The molecular formula is C13H16O3. The molecule has 3 heteroatoms. The zero-order valence-corrected chi connectivity index (χ0v) is 9.66. The summed E-state index contributed by atoms with van der Waals surface area (Å²) in [7, 11) is 1.63. The molecule has 0 N–H and O–H groups in total. The van der Waals surface area contributed by atoms with E-state index < -0.39 is 5.60 Å². The van der Waals surface area contributed by atoms with E-state index >= 15 is 0 Å². The number of carbonyl (C=O) groups excluding carboxylic acids is 1. The summed E-state index contributed by atoms with van der Waals surface area (Å²) >= 11 is 0. The van der Waals surface area contributed by atoms with Crippen LogP contribution in [0.2, 0.25) is 0 Å². The van der Waals surface area contributed by atoms with Crippen molar-refractivity contribution in [3.63, 3.8) is 0 Å². The number of benzene rings is 1. The van der Waals surface area contributed by atoms with Crippen molar-refractivity contribution in [2.45, 2.75) is 25.4 Å². The molecule has 0 bridgehead atoms. The SMILES string of the molecule is COc1cccc(C2(C)CC(=O)CCO2)c1. The summed E-state index contributed by atoms with van der Waals surface area (Å²) in [5.74, 6) is 1.05. The number of carbonyl (C=O) groups is 1. The molecule has 1 fully saturated rings. The van der Waals surface area contributed by atoms with Crippen molar-refractivity contribution in [2.24, 2.45) is 0 Å². The molecule has 1 aliphatic rings. The lowest BCUT2D eigenvalue weighted by Gasteiger charge is -2.33. The molecule has 0 amide bonds. The van der Waals surface area contributed by atoms with Crippen LogP contribution in [-0.2, 0) is 15.1 Å². The molecule has 1 aromatic rings. The predicted molar refractivity (Wildman–Crippen MR) is 60.5 cm³/mol. The van der Waals surface area contributed by atoms with Crippen LogP contribution >= 0.6 is 0 Å². The normalized spacial score (nSPS) is 25.5. The smallest absolute Gasteiger partial charge is 0.138 e. The first-order valence-corrected chi connectivity index (χ1v) is 5.44. The van der Waals surface area contributed by atoms with Crippen molar-refractivity contribution in [3.05, 3.63) is 29.8 Å². The minimum Gasteiger partial charge on any atom is -0.497 e. The first-order chi connectivity index (χ1) is 7.64. The van der Waals surface area contributed by atoms with Crippen LogP contribution in [0.1, 0.15) is 25.3 Å². The van der Waals surface area contributed by atoms with Gasteiger partial charge in [-0.3, -0.25) is 4.79 Å². The maximum absolute atomic E-state index is 11.5. The largest absolute Gasteiger partial charge is 0.497 e. The molecule has 16 heavy (non-hydrogen) atoms. The Morgan fingerprint density at radius 2 is 2.25 bits per heavy atom. The standard InChI is InChI=1S/C13H16O3/c1-13(9-11(14)6-7-16-13)10-4-3-5-12(8-10)15-2/h3-5,8H,6-7,9H2,1-2H3. The first kappa shape index (κ1) is 11.1. The van der Waals surface area contributed by atoms with Gasteiger partial charge >= 0.3 is 0 Å². The second kappa shape index (κ2) is 4.26. The summed E-state index contributed by atoms with van der Waals surface area (Å²) in [5, 5.41) is 0. The van der Waals surface area contributed by atoms with E-state index in [1.54, 1.807) is 7.11 Å². The zero-order valence-electron chi connectivity index (χ0n) is 9.66. The molecule has 1 saturated heterocycles. The van der Waals surface area contributed by atoms with Crippen molar-refractivity contribution in [1.82, 2.24) is 0 Å². The molecular weight excluding hydrogens is 204 g/mol. The van der Waals surface area contributed by atoms with Gasteiger partial charge in [-0.1, -0.05) is 12.1 Å². The van der Waals surface area contributed by atoms with Crippen LogP contribution < -0.4 is 4.74 Å². The third-order valence-electron chi connectivity index (χ3n) is 3.02. The highest BCUT2D eigenvalue weighted by molar-refractivity contribution is 5.80. The highest BCUT2D eigenvalue weighted by Gasteiger charge is 2.34. The van der Waals surface area contributed by atoms with Crippen LogP contribution in [0.4, 0.5) is 0 Å². The fourth-order valence-corrected chi connectivity index (χ4v) is 2.04. The van der Waals surface area contributed by atoms with Crippen LogP contribution in [0, 0.1) is 0 Å². The van der Waals surface area contributed by atoms with E-state index in [9.17, 15) is 4.79 Å². The lowest BCUT2D eigenvalue weighted by atomic mass is 9.87. The summed E-state index contributed by atoms with van der Waals surface area (Å²) in [6.45, 7) is 2.46. The second-order valence-electron chi connectivity index (χ2n) is 4.28. The van der Waals surface area contributed by atoms with E-state index in [0.717, 1.165) is 11.3 Å². The molecule has 0 radical (unpaired) electrons. The predicted octanol–water partition coefficient (Wildman–Crippen LogP) is 2.29. The summed E-state index contributed by atoms with van der Waals surface area (Å²) in [6, 6.07) is 7.71. The highest BCUT2D eigenvalue weighted by Crippen LogP contribution is 2.34. The van der Waals surface area contributed by atoms with Crippen LogP contribution in [0.25, 0.3) is 0 Å². The van der Waals surface area contributed by atoms with Gasteiger partial charge in [-0.2, -0.15) is 0 Å². The number of rotatable bonds is 2. The topological polar surface area (TPSA) is 35.5 Å². The summed E-state index contributed by atoms with van der Waals surface area (Å²) in [4.78, 5) is 11.5. The fourth-order valence-electron chi connectivity index (χ4n) is 2.04. The lowest BCUT2D eigenvalue weighted by molar-refractivity contribution is -0.138. The summed E-state index contributed by atoms with van der Waals surface area (Å²) < 4.78 is 10.9. The molecule has 86 valence electrons. The molecule has 1 atom stereocenters. The van der Waals surface area contributed by atoms with Crippen LogP contribution in [0.15, 0.2) is 24.3 Å². The van der Waals surface area contributed by atoms with Gasteiger partial charge in [0.05, 0.1) is 19.3 Å². The third-order valence-corrected chi connectivity index (χ3v) is 3.02. The molecule has 1 aliphatic heterocycles. The minimum absolute atomic E-state index is 0.261. The second-order valence-corrected chi connectivity index (χ2v) is 4.28. The van der Waals surface area contributed by atoms with Gasteiger partial charge in [0.2, 0.25) is 0 Å². The molecule has 3 nitrogen and oxygen atoms in total. The van der Waals surface area contributed by atoms with E-state index in [2.05, 4.69) is 0 Å². The van der Waals surface area contributed by atoms with E-state index in [1.807, 2.05) is 31.2 Å². The van der Waals surface area contributed by atoms with Crippen molar-refractivity contribution in [2.75, 3.05) is 13.7 Å². The van der Waals surface area contributed by atoms with Crippen molar-refractivity contribution in [1.29, 1.82) is 0 Å². The molecule has 2 rings (SSSR count). The maximum Gasteiger partial charge on any atom is 0.138 e. The molecule has 0 saturated carbocycles. The Labute approximate surface area is 95.4 Å². The zero-order chi connectivity index (χ0) is 11.6. The molecule has 0 spiro atoms. The van der Waals surface area contributed by atoms with Gasteiger partial charge in [-0.15, -0.1) is 0 Å². The first-order valence-electron chi connectivity index (χ1n) is 5.44. The van der Waals surface area contributed by atoms with Gasteiger partial charge in [0.1, 0.15) is 11.5 Å². The van der Waals surface area contributed by atoms with Crippen LogP contribution in [-0.4, -0.2) is 19.5 Å². The minimum atomic E-state index is -0.496. The van der Waals surface area contributed by atoms with E-state index in [1.165, 1.54) is 0 Å². The Hall–Kier alpha value is -1.35. The molecule has 1 heterocycles. The lowest BCUT2D eigenvalue weighted by Crippen LogP contribution is -2.34. The third kappa shape index (κ3) is 2.09. The molecule has 0 aliphatic carbocycles. The molecule has 1 aromatic carbocycles. The van der Waals surface area contributed by atoms with Crippen molar-refractivity contribution < 1.29 is 14.3 Å². The quantitative estimate of drug-likeness (QED) is 0.767. The van der Waals surface area contributed by atoms with Crippen molar-refractivity contribution >= 4 is 5.78 Å². The van der Waals surface area contributed by atoms with Gasteiger partial charge < -0.3 is 9.47 Å². The highest BCUT2D eigenvalue weighted by atomic mass is 16.5. The maximum atomic E-state index is 11.5. The van der Waals surface area contributed by atoms with E-state index in [4.69, 9.17) is 9.47 Å². The summed E-state index contributed by atoms with van der Waals surface area (Å²) in [5.41, 5.74) is 0.504. The Kier molecular flexibility index (Phi) is 2.97. The molecule has 1 unspecified atom stereocenters. The van der Waals surface area contributed by atoms with Gasteiger partial charge in [-0.25, -0.2) is 0 Å². The van der Waals surface area contributed by atoms with Crippen LogP contribution in [0.5, 0.6) is 5.75 Å². The Morgan fingerprint density at radius 1 is 1.44 bits per heavy atom. The average Bonchev–Trinajstić information content (AvgIpc) is 2.29. The van der Waals surface area contributed by atoms with Crippen LogP contribution in [0.3, 0.4) is 0 Å². The van der Waals surface area contributed by atoms with Gasteiger partial charge in [0.15, 0.2) is 0 Å². The monoisotopic (exact) mass is 220 g/mol. The van der Waals surface area contributed by atoms with Gasteiger partial charge in [0.25, 0.3) is 0 Å². The number of hydrogen-bond acceptors (Lipinski definition) is 3. The number of ketones is 1. The van der Waals surface area contributed by atoms with Gasteiger partial charge in [0, 0.05) is 12.8 Å².